The summed E-state index contributed by atoms with van der Waals surface area (Å²) in [5, 5.41) is 8.28. The molecule has 0 fully saturated rings. The Balaban J connectivity index is 2.30. The Morgan fingerprint density at radius 2 is 2.38 bits per heavy atom. The highest BCUT2D eigenvalue weighted by atomic mass is 79.9. The standard InChI is InChI=1S/C9H9BrN2O/c10-9-4-3-8(7-12-9)13-6-2-1-5-11/h3-4,7H,1-2,6H2. The minimum Gasteiger partial charge on any atom is -0.492 e. The van der Waals surface area contributed by atoms with Crippen LogP contribution < -0.4 is 4.74 Å². The molecule has 13 heavy (non-hydrogen) atoms. The molecule has 0 saturated heterocycles. The van der Waals surface area contributed by atoms with Crippen molar-refractivity contribution >= 4 is 15.9 Å². The number of rotatable bonds is 4. The number of aromatic nitrogens is 1. The molecule has 1 rings (SSSR count). The van der Waals surface area contributed by atoms with Gasteiger partial charge in [0.1, 0.15) is 10.4 Å². The highest BCUT2D eigenvalue weighted by Gasteiger charge is 1.93. The number of hydrogen-bond acceptors (Lipinski definition) is 3. The van der Waals surface area contributed by atoms with Crippen molar-refractivity contribution in [2.45, 2.75) is 12.8 Å². The summed E-state index contributed by atoms with van der Waals surface area (Å²) in [6, 6.07) is 5.72. The highest BCUT2D eigenvalue weighted by Crippen LogP contribution is 2.12. The van der Waals surface area contributed by atoms with Crippen molar-refractivity contribution in [1.82, 2.24) is 4.98 Å². The number of pyridine rings is 1. The van der Waals surface area contributed by atoms with Gasteiger partial charge in [-0.2, -0.15) is 5.26 Å². The number of nitrogens with zero attached hydrogens (tertiary/aromatic N) is 2. The van der Waals surface area contributed by atoms with Crippen molar-refractivity contribution < 1.29 is 4.74 Å². The molecule has 0 aliphatic carbocycles. The predicted molar refractivity (Wildman–Crippen MR) is 52.3 cm³/mol. The Kier molecular flexibility index (Phi) is 4.27. The van der Waals surface area contributed by atoms with E-state index in [1.807, 2.05) is 12.1 Å². The quantitative estimate of drug-likeness (QED) is 0.601. The predicted octanol–water partition coefficient (Wildman–Crippen LogP) is 2.53. The van der Waals surface area contributed by atoms with Gasteiger partial charge in [0.2, 0.25) is 0 Å². The van der Waals surface area contributed by atoms with Gasteiger partial charge in [-0.15, -0.1) is 0 Å². The van der Waals surface area contributed by atoms with E-state index < -0.39 is 0 Å². The summed E-state index contributed by atoms with van der Waals surface area (Å²) in [6.45, 7) is 0.566. The van der Waals surface area contributed by atoms with E-state index in [0.29, 0.717) is 13.0 Å². The van der Waals surface area contributed by atoms with Gasteiger partial charge in [-0.3, -0.25) is 0 Å². The molecule has 0 unspecified atom stereocenters. The summed E-state index contributed by atoms with van der Waals surface area (Å²) in [4.78, 5) is 4.00. The van der Waals surface area contributed by atoms with Gasteiger partial charge in [-0.1, -0.05) is 0 Å². The van der Waals surface area contributed by atoms with Crippen LogP contribution in [0.25, 0.3) is 0 Å². The molecule has 3 nitrogen and oxygen atoms in total. The fourth-order valence-electron chi connectivity index (χ4n) is 0.789. The van der Waals surface area contributed by atoms with E-state index in [9.17, 15) is 0 Å². The number of unbranched alkanes of at least 4 members (excludes halogenated alkanes) is 1. The number of ether oxygens (including phenoxy) is 1. The molecule has 0 radical (unpaired) electrons. The summed E-state index contributed by atoms with van der Waals surface area (Å²) >= 11 is 3.23. The normalized spacial score (nSPS) is 9.23. The second-order valence-electron chi connectivity index (χ2n) is 2.43. The van der Waals surface area contributed by atoms with Crippen LogP contribution in [0.15, 0.2) is 22.9 Å². The lowest BCUT2D eigenvalue weighted by Gasteiger charge is -2.03. The van der Waals surface area contributed by atoms with E-state index in [1.54, 1.807) is 6.20 Å². The van der Waals surface area contributed by atoms with Gasteiger partial charge in [-0.25, -0.2) is 4.98 Å². The van der Waals surface area contributed by atoms with Crippen LogP contribution >= 0.6 is 15.9 Å². The maximum absolute atomic E-state index is 8.28. The fraction of sp³-hybridized carbons (Fsp3) is 0.333. The maximum Gasteiger partial charge on any atom is 0.137 e. The summed E-state index contributed by atoms with van der Waals surface area (Å²) < 4.78 is 6.12. The van der Waals surface area contributed by atoms with Crippen LogP contribution in [0.1, 0.15) is 12.8 Å². The van der Waals surface area contributed by atoms with Crippen LogP contribution in [0.4, 0.5) is 0 Å². The molecule has 68 valence electrons. The molecular weight excluding hydrogens is 232 g/mol. The van der Waals surface area contributed by atoms with Gasteiger partial charge in [0.25, 0.3) is 0 Å². The van der Waals surface area contributed by atoms with Crippen LogP contribution in [0.5, 0.6) is 5.75 Å². The van der Waals surface area contributed by atoms with Gasteiger partial charge < -0.3 is 4.74 Å². The Labute approximate surface area is 85.5 Å². The van der Waals surface area contributed by atoms with E-state index >= 15 is 0 Å². The van der Waals surface area contributed by atoms with Crippen LogP contribution in [0.3, 0.4) is 0 Å². The van der Waals surface area contributed by atoms with Gasteiger partial charge in [0, 0.05) is 6.42 Å². The molecule has 0 spiro atoms. The lowest BCUT2D eigenvalue weighted by atomic mass is 10.3. The molecule has 4 heteroatoms. The average molecular weight is 241 g/mol. The summed E-state index contributed by atoms with van der Waals surface area (Å²) in [5.41, 5.74) is 0. The van der Waals surface area contributed by atoms with E-state index in [0.717, 1.165) is 16.8 Å². The lowest BCUT2D eigenvalue weighted by molar-refractivity contribution is 0.311. The third kappa shape index (κ3) is 3.90. The van der Waals surface area contributed by atoms with Crippen molar-refractivity contribution in [2.75, 3.05) is 6.61 Å². The maximum atomic E-state index is 8.28. The molecule has 0 aliphatic rings. The first-order chi connectivity index (χ1) is 6.33. The first kappa shape index (κ1) is 10.0. The second kappa shape index (κ2) is 5.55. The van der Waals surface area contributed by atoms with Crippen molar-refractivity contribution in [3.05, 3.63) is 22.9 Å². The Bertz CT molecular complexity index is 291. The zero-order chi connectivity index (χ0) is 9.52. The molecular formula is C9H9BrN2O. The van der Waals surface area contributed by atoms with Gasteiger partial charge in [-0.05, 0) is 34.5 Å². The van der Waals surface area contributed by atoms with Crippen molar-refractivity contribution in [2.24, 2.45) is 0 Å². The van der Waals surface area contributed by atoms with E-state index in [-0.39, 0.29) is 0 Å². The molecule has 1 aromatic heterocycles. The topological polar surface area (TPSA) is 45.9 Å². The smallest absolute Gasteiger partial charge is 0.137 e. The monoisotopic (exact) mass is 240 g/mol. The zero-order valence-electron chi connectivity index (χ0n) is 7.03. The SMILES string of the molecule is N#CCCCOc1ccc(Br)nc1. The number of nitriles is 1. The lowest BCUT2D eigenvalue weighted by Crippen LogP contribution is -1.96. The molecule has 0 N–H and O–H groups in total. The van der Waals surface area contributed by atoms with E-state index in [2.05, 4.69) is 27.0 Å². The van der Waals surface area contributed by atoms with Gasteiger partial charge in [0.05, 0.1) is 18.9 Å². The van der Waals surface area contributed by atoms with Crippen molar-refractivity contribution in [3.8, 4) is 11.8 Å². The highest BCUT2D eigenvalue weighted by molar-refractivity contribution is 9.10. The zero-order valence-corrected chi connectivity index (χ0v) is 8.62. The van der Waals surface area contributed by atoms with E-state index in [1.165, 1.54) is 0 Å². The molecule has 0 aliphatic heterocycles. The number of halogens is 1. The molecule has 1 aromatic rings. The van der Waals surface area contributed by atoms with Crippen LogP contribution in [0, 0.1) is 11.3 Å². The Morgan fingerprint density at radius 1 is 1.54 bits per heavy atom. The van der Waals surface area contributed by atoms with Crippen LogP contribution in [-0.4, -0.2) is 11.6 Å². The Morgan fingerprint density at radius 3 is 3.00 bits per heavy atom. The third-order valence-electron chi connectivity index (χ3n) is 1.40. The van der Waals surface area contributed by atoms with Crippen LogP contribution in [-0.2, 0) is 0 Å². The largest absolute Gasteiger partial charge is 0.492 e. The summed E-state index contributed by atoms with van der Waals surface area (Å²) in [5.74, 6) is 0.737. The van der Waals surface area contributed by atoms with Crippen molar-refractivity contribution in [1.29, 1.82) is 5.26 Å². The third-order valence-corrected chi connectivity index (χ3v) is 1.87. The second-order valence-corrected chi connectivity index (χ2v) is 3.24. The van der Waals surface area contributed by atoms with E-state index in [4.69, 9.17) is 10.00 Å². The van der Waals surface area contributed by atoms with Gasteiger partial charge in [0.15, 0.2) is 0 Å². The molecule has 0 bridgehead atoms. The minimum atomic E-state index is 0.532. The number of hydrogen-bond donors (Lipinski definition) is 0. The molecule has 0 amide bonds. The Hall–Kier alpha value is -1.08. The molecule has 0 atom stereocenters. The molecule has 1 heterocycles. The fourth-order valence-corrected chi connectivity index (χ4v) is 1.02. The van der Waals surface area contributed by atoms with Gasteiger partial charge >= 0.3 is 0 Å². The van der Waals surface area contributed by atoms with Crippen LogP contribution in [0.2, 0.25) is 0 Å². The summed E-state index contributed by atoms with van der Waals surface area (Å²) in [6.07, 6.45) is 2.94. The minimum absolute atomic E-state index is 0.532. The molecule has 0 saturated carbocycles. The summed E-state index contributed by atoms with van der Waals surface area (Å²) in [7, 11) is 0. The first-order valence-corrected chi connectivity index (χ1v) is 4.73. The van der Waals surface area contributed by atoms with Crippen molar-refractivity contribution in [3.63, 3.8) is 0 Å². The first-order valence-electron chi connectivity index (χ1n) is 3.94. The molecule has 0 aromatic carbocycles. The average Bonchev–Trinajstić information content (AvgIpc) is 2.15.